The van der Waals surface area contributed by atoms with Crippen LogP contribution in [-0.2, 0) is 0 Å². The third-order valence-electron chi connectivity index (χ3n) is 3.38. The van der Waals surface area contributed by atoms with E-state index in [0.717, 1.165) is 31.8 Å². The number of hydrogen-bond acceptors (Lipinski definition) is 4. The fourth-order valence-electron chi connectivity index (χ4n) is 2.34. The smallest absolute Gasteiger partial charge is 0.0824 e. The van der Waals surface area contributed by atoms with Gasteiger partial charge in [-0.15, -0.1) is 11.3 Å². The first-order chi connectivity index (χ1) is 9.72. The van der Waals surface area contributed by atoms with Gasteiger partial charge < -0.3 is 0 Å². The van der Waals surface area contributed by atoms with Gasteiger partial charge in [-0.25, -0.2) is 5.43 Å². The van der Waals surface area contributed by atoms with Crippen molar-refractivity contribution in [2.24, 2.45) is 5.84 Å². The van der Waals surface area contributed by atoms with Crippen molar-refractivity contribution in [3.63, 3.8) is 0 Å². The Morgan fingerprint density at radius 2 is 2.20 bits per heavy atom. The quantitative estimate of drug-likeness (QED) is 0.571. The zero-order valence-electron chi connectivity index (χ0n) is 10.9. The van der Waals surface area contributed by atoms with Crippen molar-refractivity contribution in [2.45, 2.75) is 13.0 Å². The van der Waals surface area contributed by atoms with Gasteiger partial charge in [-0.1, -0.05) is 29.8 Å². The van der Waals surface area contributed by atoms with E-state index < -0.39 is 0 Å². The van der Waals surface area contributed by atoms with E-state index in [9.17, 15) is 0 Å². The maximum absolute atomic E-state index is 6.38. The second-order valence-corrected chi connectivity index (χ2v) is 5.93. The monoisotopic (exact) mass is 303 g/mol. The Labute approximate surface area is 126 Å². The van der Waals surface area contributed by atoms with Gasteiger partial charge in [0.05, 0.1) is 11.1 Å². The van der Waals surface area contributed by atoms with Crippen LogP contribution in [0.4, 0.5) is 0 Å². The number of aryl methyl sites for hydroxylation is 1. The Morgan fingerprint density at radius 3 is 2.90 bits per heavy atom. The molecule has 1 aromatic carbocycles. The molecule has 3 nitrogen and oxygen atoms in total. The number of hydrazine groups is 1. The molecule has 0 radical (unpaired) electrons. The predicted molar refractivity (Wildman–Crippen MR) is 85.0 cm³/mol. The molecule has 3 rings (SSSR count). The van der Waals surface area contributed by atoms with E-state index in [1.165, 1.54) is 0 Å². The van der Waals surface area contributed by atoms with Crippen LogP contribution in [0.15, 0.2) is 42.0 Å². The lowest BCUT2D eigenvalue weighted by atomic mass is 9.99. The Morgan fingerprint density at radius 1 is 1.35 bits per heavy atom. The summed E-state index contributed by atoms with van der Waals surface area (Å²) in [5.41, 5.74) is 5.04. The van der Waals surface area contributed by atoms with Gasteiger partial charge in [-0.2, -0.15) is 0 Å². The molecule has 1 unspecified atom stereocenters. The molecule has 0 saturated carbocycles. The zero-order chi connectivity index (χ0) is 14.1. The molecule has 3 aromatic rings. The number of hydrogen-bond donors (Lipinski definition) is 2. The van der Waals surface area contributed by atoms with E-state index in [1.807, 2.05) is 30.6 Å². The number of thiophene rings is 1. The van der Waals surface area contributed by atoms with Crippen LogP contribution in [0.3, 0.4) is 0 Å². The number of nitrogens with zero attached hydrogens (tertiary/aromatic N) is 1. The average molecular weight is 304 g/mol. The van der Waals surface area contributed by atoms with Crippen molar-refractivity contribution < 1.29 is 0 Å². The molecule has 102 valence electrons. The number of nitrogens with one attached hydrogen (secondary N) is 1. The molecular formula is C15H14ClN3S. The standard InChI is InChI=1S/C15H14ClN3S/c1-9-8-20-15(13(9)16)14(19-17)11-4-2-3-10-5-6-18-7-12(10)11/h2-8,14,19H,17H2,1H3. The van der Waals surface area contributed by atoms with Crippen LogP contribution in [0.25, 0.3) is 10.8 Å². The third kappa shape index (κ3) is 2.21. The van der Waals surface area contributed by atoms with Crippen molar-refractivity contribution in [1.29, 1.82) is 0 Å². The van der Waals surface area contributed by atoms with Gasteiger partial charge in [-0.05, 0) is 34.9 Å². The molecule has 3 N–H and O–H groups in total. The van der Waals surface area contributed by atoms with Crippen LogP contribution >= 0.6 is 22.9 Å². The summed E-state index contributed by atoms with van der Waals surface area (Å²) in [7, 11) is 0. The molecule has 0 spiro atoms. The summed E-state index contributed by atoms with van der Waals surface area (Å²) in [4.78, 5) is 5.24. The number of nitrogens with two attached hydrogens (primary N) is 1. The number of aromatic nitrogens is 1. The molecule has 1 atom stereocenters. The van der Waals surface area contributed by atoms with Crippen molar-refractivity contribution >= 4 is 33.7 Å². The second-order valence-electron chi connectivity index (χ2n) is 4.64. The first-order valence-corrected chi connectivity index (χ1v) is 7.50. The molecular weight excluding hydrogens is 290 g/mol. The summed E-state index contributed by atoms with van der Waals surface area (Å²) in [6.45, 7) is 2.00. The van der Waals surface area contributed by atoms with Crippen molar-refractivity contribution in [2.75, 3.05) is 0 Å². The Bertz CT molecular complexity index is 748. The number of benzene rings is 1. The van der Waals surface area contributed by atoms with Crippen LogP contribution in [0.2, 0.25) is 5.02 Å². The number of pyridine rings is 1. The van der Waals surface area contributed by atoms with Crippen LogP contribution in [0.1, 0.15) is 22.0 Å². The maximum Gasteiger partial charge on any atom is 0.0824 e. The maximum atomic E-state index is 6.38. The lowest BCUT2D eigenvalue weighted by Gasteiger charge is -2.17. The molecule has 5 heteroatoms. The Balaban J connectivity index is 2.19. The molecule has 2 heterocycles. The van der Waals surface area contributed by atoms with Crippen LogP contribution in [0.5, 0.6) is 0 Å². The highest BCUT2D eigenvalue weighted by atomic mass is 35.5. The van der Waals surface area contributed by atoms with Gasteiger partial charge in [0.1, 0.15) is 0 Å². The lowest BCUT2D eigenvalue weighted by molar-refractivity contribution is 0.650. The molecule has 0 amide bonds. The molecule has 0 fully saturated rings. The van der Waals surface area contributed by atoms with Crippen molar-refractivity contribution in [3.8, 4) is 0 Å². The summed E-state index contributed by atoms with van der Waals surface area (Å²) in [5, 5.41) is 5.05. The molecule has 20 heavy (non-hydrogen) atoms. The number of fused-ring (bicyclic) bond motifs is 1. The first kappa shape index (κ1) is 13.5. The Kier molecular flexibility index (Phi) is 3.72. The van der Waals surface area contributed by atoms with Crippen molar-refractivity contribution in [1.82, 2.24) is 10.4 Å². The zero-order valence-corrected chi connectivity index (χ0v) is 12.5. The van der Waals surface area contributed by atoms with E-state index in [4.69, 9.17) is 17.4 Å². The van der Waals surface area contributed by atoms with E-state index in [2.05, 4.69) is 22.5 Å². The number of halogens is 1. The van der Waals surface area contributed by atoms with Gasteiger partial charge >= 0.3 is 0 Å². The highest BCUT2D eigenvalue weighted by Gasteiger charge is 2.20. The summed E-state index contributed by atoms with van der Waals surface area (Å²) in [6, 6.07) is 8.01. The van der Waals surface area contributed by atoms with E-state index in [1.54, 1.807) is 17.5 Å². The summed E-state index contributed by atoms with van der Waals surface area (Å²) >= 11 is 8.00. The van der Waals surface area contributed by atoms with Gasteiger partial charge in [-0.3, -0.25) is 10.8 Å². The minimum absolute atomic E-state index is 0.130. The van der Waals surface area contributed by atoms with Gasteiger partial charge in [0.2, 0.25) is 0 Å². The van der Waals surface area contributed by atoms with Gasteiger partial charge in [0.15, 0.2) is 0 Å². The minimum atomic E-state index is -0.130. The molecule has 0 bridgehead atoms. The van der Waals surface area contributed by atoms with E-state index in [-0.39, 0.29) is 6.04 Å². The Hall–Kier alpha value is -1.46. The van der Waals surface area contributed by atoms with Crippen LogP contribution < -0.4 is 11.3 Å². The normalized spacial score (nSPS) is 12.8. The molecule has 0 aliphatic carbocycles. The molecule has 0 saturated heterocycles. The van der Waals surface area contributed by atoms with Crippen molar-refractivity contribution in [3.05, 3.63) is 63.1 Å². The molecule has 0 aliphatic heterocycles. The lowest BCUT2D eigenvalue weighted by Crippen LogP contribution is -2.28. The summed E-state index contributed by atoms with van der Waals surface area (Å²) in [5.74, 6) is 5.78. The van der Waals surface area contributed by atoms with Crippen LogP contribution in [-0.4, -0.2) is 4.98 Å². The van der Waals surface area contributed by atoms with Gasteiger partial charge in [0, 0.05) is 22.7 Å². The fraction of sp³-hybridized carbons (Fsp3) is 0.133. The van der Waals surface area contributed by atoms with E-state index >= 15 is 0 Å². The topological polar surface area (TPSA) is 50.9 Å². The van der Waals surface area contributed by atoms with E-state index in [0.29, 0.717) is 0 Å². The minimum Gasteiger partial charge on any atom is -0.271 e. The average Bonchev–Trinajstić information content (AvgIpc) is 2.81. The first-order valence-electron chi connectivity index (χ1n) is 6.24. The molecule has 0 aliphatic rings. The summed E-state index contributed by atoms with van der Waals surface area (Å²) < 4.78 is 0. The summed E-state index contributed by atoms with van der Waals surface area (Å²) in [6.07, 6.45) is 3.66. The second kappa shape index (κ2) is 5.50. The highest BCUT2D eigenvalue weighted by molar-refractivity contribution is 7.10. The van der Waals surface area contributed by atoms with Crippen LogP contribution in [0, 0.1) is 6.92 Å². The highest BCUT2D eigenvalue weighted by Crippen LogP contribution is 2.37. The molecule has 2 aromatic heterocycles. The van der Waals surface area contributed by atoms with Gasteiger partial charge in [0.25, 0.3) is 0 Å². The number of rotatable bonds is 3. The SMILES string of the molecule is Cc1csc(C(NN)c2cccc3ccncc23)c1Cl. The fourth-order valence-corrected chi connectivity index (χ4v) is 3.72. The third-order valence-corrected chi connectivity index (χ3v) is 5.16. The largest absolute Gasteiger partial charge is 0.271 e. The predicted octanol–water partition coefficient (Wildman–Crippen LogP) is 3.81.